The number of carbonyl (C=O) groups excluding carboxylic acids is 1. The molecule has 5 nitrogen and oxygen atoms in total. The molecule has 0 spiro atoms. The van der Waals surface area contributed by atoms with E-state index in [9.17, 15) is 4.79 Å². The number of allylic oxidation sites excluding steroid dienone is 3. The molecule has 0 saturated heterocycles. The van der Waals surface area contributed by atoms with Crippen LogP contribution < -0.4 is 10.6 Å². The van der Waals surface area contributed by atoms with Crippen molar-refractivity contribution in [2.45, 2.75) is 12.8 Å². The molecule has 0 atom stereocenters. The fourth-order valence-corrected chi connectivity index (χ4v) is 1.45. The van der Waals surface area contributed by atoms with Gasteiger partial charge < -0.3 is 20.1 Å². The van der Waals surface area contributed by atoms with Crippen LogP contribution in [0, 0.1) is 0 Å². The summed E-state index contributed by atoms with van der Waals surface area (Å²) in [4.78, 5) is 10.9. The summed E-state index contributed by atoms with van der Waals surface area (Å²) in [5, 5.41) is 5.86. The van der Waals surface area contributed by atoms with Crippen molar-refractivity contribution in [2.24, 2.45) is 0 Å². The lowest BCUT2D eigenvalue weighted by atomic mass is 10.3. The van der Waals surface area contributed by atoms with Gasteiger partial charge in [-0.2, -0.15) is 0 Å². The van der Waals surface area contributed by atoms with Gasteiger partial charge in [-0.1, -0.05) is 31.9 Å². The van der Waals surface area contributed by atoms with E-state index in [2.05, 4.69) is 30.4 Å². The number of carbonyl (C=O) groups is 1. The summed E-state index contributed by atoms with van der Waals surface area (Å²) >= 11 is 0. The van der Waals surface area contributed by atoms with Crippen LogP contribution in [0.25, 0.3) is 0 Å². The van der Waals surface area contributed by atoms with Crippen LogP contribution in [0.4, 0.5) is 0 Å². The molecule has 0 aromatic carbocycles. The molecule has 22 heavy (non-hydrogen) atoms. The highest BCUT2D eigenvalue weighted by Gasteiger charge is 1.94. The van der Waals surface area contributed by atoms with E-state index in [0.717, 1.165) is 25.1 Å². The Kier molecular flexibility index (Phi) is 14.2. The van der Waals surface area contributed by atoms with Gasteiger partial charge in [0.2, 0.25) is 5.91 Å². The van der Waals surface area contributed by atoms with E-state index >= 15 is 0 Å². The Morgan fingerprint density at radius 1 is 0.955 bits per heavy atom. The third-order valence-corrected chi connectivity index (χ3v) is 2.57. The Hall–Kier alpha value is -1.85. The average molecular weight is 308 g/mol. The standard InChI is InChI=1S/C17H28N2O3/c1-4-6-9-16(3)18-10-7-12-21-14-15-22-13-8-11-19-17(20)5-2/h4-6,9,18H,1-3,7-8,10-15H2,(H,19,20)/b9-6-. The maximum absolute atomic E-state index is 10.9. The SMILES string of the molecule is C=C/C=C\C(=C)NCCCOCCOCCCNC(=O)C=C. The van der Waals surface area contributed by atoms with Gasteiger partial charge in [0.15, 0.2) is 0 Å². The van der Waals surface area contributed by atoms with E-state index in [1.807, 2.05) is 12.2 Å². The predicted molar refractivity (Wildman–Crippen MR) is 90.6 cm³/mol. The molecular formula is C17H28N2O3. The lowest BCUT2D eigenvalue weighted by Gasteiger charge is -2.07. The molecule has 0 aliphatic rings. The third kappa shape index (κ3) is 14.6. The second kappa shape index (κ2) is 15.5. The number of rotatable bonds is 15. The summed E-state index contributed by atoms with van der Waals surface area (Å²) in [6, 6.07) is 0. The van der Waals surface area contributed by atoms with Gasteiger partial charge >= 0.3 is 0 Å². The van der Waals surface area contributed by atoms with Crippen molar-refractivity contribution in [1.29, 1.82) is 0 Å². The van der Waals surface area contributed by atoms with Crippen LogP contribution in [0.15, 0.2) is 49.7 Å². The molecule has 0 aromatic rings. The molecule has 0 radical (unpaired) electrons. The lowest BCUT2D eigenvalue weighted by molar-refractivity contribution is -0.116. The van der Waals surface area contributed by atoms with Gasteiger partial charge in [-0.05, 0) is 25.0 Å². The summed E-state index contributed by atoms with van der Waals surface area (Å²) in [6.45, 7) is 14.7. The van der Waals surface area contributed by atoms with E-state index < -0.39 is 0 Å². The fourth-order valence-electron chi connectivity index (χ4n) is 1.45. The van der Waals surface area contributed by atoms with E-state index in [1.165, 1.54) is 6.08 Å². The van der Waals surface area contributed by atoms with Crippen LogP contribution in [0.3, 0.4) is 0 Å². The number of hydrogen-bond donors (Lipinski definition) is 2. The molecule has 0 rings (SSSR count). The normalized spacial score (nSPS) is 10.4. The Labute approximate surface area is 133 Å². The zero-order valence-electron chi connectivity index (χ0n) is 13.3. The molecule has 5 heteroatoms. The highest BCUT2D eigenvalue weighted by atomic mass is 16.5. The van der Waals surface area contributed by atoms with Crippen molar-refractivity contribution in [3.8, 4) is 0 Å². The van der Waals surface area contributed by atoms with E-state index in [-0.39, 0.29) is 5.91 Å². The van der Waals surface area contributed by atoms with Crippen molar-refractivity contribution in [3.05, 3.63) is 49.7 Å². The molecular weight excluding hydrogens is 280 g/mol. The summed E-state index contributed by atoms with van der Waals surface area (Å²) in [5.41, 5.74) is 0.867. The molecule has 0 aliphatic heterocycles. The first-order valence-electron chi connectivity index (χ1n) is 7.48. The summed E-state index contributed by atoms with van der Waals surface area (Å²) in [5.74, 6) is -0.153. The van der Waals surface area contributed by atoms with Crippen molar-refractivity contribution < 1.29 is 14.3 Å². The van der Waals surface area contributed by atoms with E-state index in [1.54, 1.807) is 6.08 Å². The van der Waals surface area contributed by atoms with Crippen molar-refractivity contribution >= 4 is 5.91 Å². The van der Waals surface area contributed by atoms with Crippen molar-refractivity contribution in [3.63, 3.8) is 0 Å². The molecule has 0 heterocycles. The zero-order chi connectivity index (χ0) is 16.5. The van der Waals surface area contributed by atoms with Crippen LogP contribution in [-0.4, -0.2) is 45.4 Å². The third-order valence-electron chi connectivity index (χ3n) is 2.57. The van der Waals surface area contributed by atoms with Gasteiger partial charge in [-0.15, -0.1) is 0 Å². The molecule has 0 saturated carbocycles. The summed E-state index contributed by atoms with van der Waals surface area (Å²) in [7, 11) is 0. The number of amides is 1. The Bertz CT molecular complexity index is 365. The molecule has 1 amide bonds. The van der Waals surface area contributed by atoms with Gasteiger partial charge in [-0.25, -0.2) is 0 Å². The van der Waals surface area contributed by atoms with Gasteiger partial charge in [0.05, 0.1) is 13.2 Å². The maximum Gasteiger partial charge on any atom is 0.243 e. The van der Waals surface area contributed by atoms with Gasteiger partial charge in [0.25, 0.3) is 0 Å². The Morgan fingerprint density at radius 2 is 1.55 bits per heavy atom. The molecule has 0 fully saturated rings. The highest BCUT2D eigenvalue weighted by Crippen LogP contribution is 1.90. The van der Waals surface area contributed by atoms with E-state index in [0.29, 0.717) is 33.0 Å². The van der Waals surface area contributed by atoms with Crippen LogP contribution in [0.2, 0.25) is 0 Å². The van der Waals surface area contributed by atoms with Crippen LogP contribution in [-0.2, 0) is 14.3 Å². The minimum Gasteiger partial charge on any atom is -0.385 e. The van der Waals surface area contributed by atoms with Gasteiger partial charge in [-0.3, -0.25) is 4.79 Å². The lowest BCUT2D eigenvalue weighted by Crippen LogP contribution is -2.23. The Balaban J connectivity index is 3.19. The summed E-state index contributed by atoms with van der Waals surface area (Å²) < 4.78 is 10.8. The second-order valence-corrected chi connectivity index (χ2v) is 4.47. The van der Waals surface area contributed by atoms with E-state index in [4.69, 9.17) is 9.47 Å². The largest absolute Gasteiger partial charge is 0.385 e. The predicted octanol–water partition coefficient (Wildman–Crippen LogP) is 1.95. The Morgan fingerprint density at radius 3 is 2.09 bits per heavy atom. The molecule has 0 aliphatic carbocycles. The minimum atomic E-state index is -0.153. The van der Waals surface area contributed by atoms with Crippen LogP contribution >= 0.6 is 0 Å². The first-order chi connectivity index (χ1) is 10.7. The quantitative estimate of drug-likeness (QED) is 0.276. The molecule has 2 N–H and O–H groups in total. The molecule has 0 aromatic heterocycles. The summed E-state index contributed by atoms with van der Waals surface area (Å²) in [6.07, 6.45) is 8.38. The van der Waals surface area contributed by atoms with Gasteiger partial charge in [0, 0.05) is 32.0 Å². The minimum absolute atomic E-state index is 0.153. The smallest absolute Gasteiger partial charge is 0.243 e. The monoisotopic (exact) mass is 308 g/mol. The highest BCUT2D eigenvalue weighted by molar-refractivity contribution is 5.86. The van der Waals surface area contributed by atoms with Crippen molar-refractivity contribution in [1.82, 2.24) is 10.6 Å². The molecule has 0 bridgehead atoms. The number of nitrogens with one attached hydrogen (secondary N) is 2. The first kappa shape index (κ1) is 20.1. The zero-order valence-corrected chi connectivity index (χ0v) is 13.3. The molecule has 0 unspecified atom stereocenters. The second-order valence-electron chi connectivity index (χ2n) is 4.47. The molecule has 124 valence electrons. The topological polar surface area (TPSA) is 59.6 Å². The van der Waals surface area contributed by atoms with Gasteiger partial charge in [0.1, 0.15) is 0 Å². The fraction of sp³-hybridized carbons (Fsp3) is 0.471. The average Bonchev–Trinajstić information content (AvgIpc) is 2.53. The maximum atomic E-state index is 10.9. The van der Waals surface area contributed by atoms with Crippen molar-refractivity contribution in [2.75, 3.05) is 39.5 Å². The van der Waals surface area contributed by atoms with Crippen LogP contribution in [0.5, 0.6) is 0 Å². The van der Waals surface area contributed by atoms with Crippen LogP contribution in [0.1, 0.15) is 12.8 Å². The number of hydrogen-bond acceptors (Lipinski definition) is 4. The first-order valence-corrected chi connectivity index (χ1v) is 7.48. The number of ether oxygens (including phenoxy) is 2.